The lowest BCUT2D eigenvalue weighted by Gasteiger charge is -2.09. The van der Waals surface area contributed by atoms with Gasteiger partial charge in [0.1, 0.15) is 5.15 Å². The van der Waals surface area contributed by atoms with Crippen molar-refractivity contribution in [2.24, 2.45) is 5.73 Å². The van der Waals surface area contributed by atoms with Gasteiger partial charge in [-0.15, -0.1) is 11.8 Å². The molecule has 2 nitrogen and oxygen atoms in total. The van der Waals surface area contributed by atoms with Gasteiger partial charge in [-0.3, -0.25) is 0 Å². The summed E-state index contributed by atoms with van der Waals surface area (Å²) in [5.41, 5.74) is 7.90. The van der Waals surface area contributed by atoms with Gasteiger partial charge in [0.15, 0.2) is 0 Å². The first-order valence-electron chi connectivity index (χ1n) is 7.62. The van der Waals surface area contributed by atoms with Gasteiger partial charge in [0, 0.05) is 22.8 Å². The Morgan fingerprint density at radius 1 is 1.12 bits per heavy atom. The van der Waals surface area contributed by atoms with Crippen molar-refractivity contribution in [3.63, 3.8) is 0 Å². The van der Waals surface area contributed by atoms with Crippen molar-refractivity contribution in [2.45, 2.75) is 23.4 Å². The zero-order valence-corrected chi connectivity index (χ0v) is 15.8. The van der Waals surface area contributed by atoms with Crippen LogP contribution in [0.5, 0.6) is 0 Å². The van der Waals surface area contributed by atoms with Crippen LogP contribution < -0.4 is 5.73 Å². The maximum Gasteiger partial charge on any atom is 0.416 e. The highest BCUT2D eigenvalue weighted by molar-refractivity contribution is 7.98. The maximum absolute atomic E-state index is 12.8. The van der Waals surface area contributed by atoms with Crippen molar-refractivity contribution in [3.8, 4) is 10.4 Å². The Labute approximate surface area is 162 Å². The molecule has 3 rings (SSSR count). The lowest BCUT2D eigenvalue weighted by molar-refractivity contribution is -0.137. The van der Waals surface area contributed by atoms with Gasteiger partial charge in [-0.05, 0) is 40.9 Å². The highest BCUT2D eigenvalue weighted by Gasteiger charge is 2.30. The molecule has 1 heterocycles. The molecule has 0 aliphatic heterocycles. The van der Waals surface area contributed by atoms with Crippen LogP contribution in [0.1, 0.15) is 16.7 Å². The predicted molar refractivity (Wildman–Crippen MR) is 101 cm³/mol. The number of thioether (sulfide) groups is 1. The summed E-state index contributed by atoms with van der Waals surface area (Å²) in [5, 5.41) is 0.427. The molecule has 0 fully saturated rings. The standard InChI is InChI=1S/C18H14ClF3N2S2/c19-17-15(9-23)16(26-24-17)12-6-4-11(5-7-12)10-25-14-3-1-2-13(8-14)18(20,21)22/h1-8H,9-10,23H2. The van der Waals surface area contributed by atoms with E-state index >= 15 is 0 Å². The Balaban J connectivity index is 1.70. The molecule has 1 aromatic heterocycles. The molecule has 0 saturated heterocycles. The lowest BCUT2D eigenvalue weighted by atomic mass is 10.1. The predicted octanol–water partition coefficient (Wildman–Crippen LogP) is 6.23. The van der Waals surface area contributed by atoms with Gasteiger partial charge in [-0.25, -0.2) is 0 Å². The normalized spacial score (nSPS) is 11.7. The largest absolute Gasteiger partial charge is 0.416 e. The second-order valence-corrected chi connectivity index (χ2v) is 7.68. The van der Waals surface area contributed by atoms with Crippen molar-refractivity contribution < 1.29 is 13.2 Å². The maximum atomic E-state index is 12.8. The van der Waals surface area contributed by atoms with E-state index in [0.29, 0.717) is 22.3 Å². The molecule has 0 amide bonds. The molecule has 0 atom stereocenters. The molecule has 0 bridgehead atoms. The molecule has 3 aromatic rings. The van der Waals surface area contributed by atoms with Crippen LogP contribution in [0.15, 0.2) is 53.4 Å². The van der Waals surface area contributed by atoms with Crippen LogP contribution in [0.4, 0.5) is 13.2 Å². The third kappa shape index (κ3) is 4.40. The van der Waals surface area contributed by atoms with Crippen LogP contribution in [-0.4, -0.2) is 4.37 Å². The average molecular weight is 415 g/mol. The highest BCUT2D eigenvalue weighted by Crippen LogP contribution is 2.35. The molecule has 2 N–H and O–H groups in total. The van der Waals surface area contributed by atoms with Gasteiger partial charge in [0.25, 0.3) is 0 Å². The van der Waals surface area contributed by atoms with Crippen LogP contribution >= 0.6 is 34.9 Å². The van der Waals surface area contributed by atoms with Crippen LogP contribution in [0.25, 0.3) is 10.4 Å². The fraction of sp³-hybridized carbons (Fsp3) is 0.167. The van der Waals surface area contributed by atoms with Gasteiger partial charge < -0.3 is 5.73 Å². The molecule has 0 aliphatic rings. The number of benzene rings is 2. The van der Waals surface area contributed by atoms with E-state index in [0.717, 1.165) is 27.6 Å². The molecule has 0 radical (unpaired) electrons. The van der Waals surface area contributed by atoms with E-state index in [-0.39, 0.29) is 0 Å². The van der Waals surface area contributed by atoms with E-state index in [1.165, 1.54) is 35.4 Å². The van der Waals surface area contributed by atoms with Crippen LogP contribution in [-0.2, 0) is 18.5 Å². The number of hydrogen-bond acceptors (Lipinski definition) is 4. The molecule has 2 aromatic carbocycles. The first-order valence-corrected chi connectivity index (χ1v) is 9.75. The van der Waals surface area contributed by atoms with E-state index in [2.05, 4.69) is 4.37 Å². The minimum absolute atomic E-state index is 0.317. The lowest BCUT2D eigenvalue weighted by Crippen LogP contribution is -2.04. The van der Waals surface area contributed by atoms with E-state index in [1.54, 1.807) is 6.07 Å². The highest BCUT2D eigenvalue weighted by atomic mass is 35.5. The van der Waals surface area contributed by atoms with Gasteiger partial charge in [0.05, 0.1) is 10.4 Å². The third-order valence-corrected chi connectivity index (χ3v) is 6.14. The van der Waals surface area contributed by atoms with Crippen molar-refractivity contribution >= 4 is 34.9 Å². The quantitative estimate of drug-likeness (QED) is 0.503. The smallest absolute Gasteiger partial charge is 0.326 e. The summed E-state index contributed by atoms with van der Waals surface area (Å²) in [4.78, 5) is 1.53. The first-order chi connectivity index (χ1) is 12.4. The Hall–Kier alpha value is -1.54. The van der Waals surface area contributed by atoms with E-state index < -0.39 is 11.7 Å². The molecule has 0 unspecified atom stereocenters. The molecule has 0 saturated carbocycles. The minimum Gasteiger partial charge on any atom is -0.326 e. The SMILES string of the molecule is NCc1c(Cl)nsc1-c1ccc(CSc2cccc(C(F)(F)F)c2)cc1. The molecular weight excluding hydrogens is 401 g/mol. The summed E-state index contributed by atoms with van der Waals surface area (Å²) < 4.78 is 42.4. The topological polar surface area (TPSA) is 38.9 Å². The second-order valence-electron chi connectivity index (χ2n) is 5.50. The monoisotopic (exact) mass is 414 g/mol. The zero-order valence-electron chi connectivity index (χ0n) is 13.4. The van der Waals surface area contributed by atoms with Gasteiger partial charge in [-0.2, -0.15) is 17.5 Å². The summed E-state index contributed by atoms with van der Waals surface area (Å²) in [6.07, 6.45) is -4.32. The molecule has 26 heavy (non-hydrogen) atoms. The molecule has 136 valence electrons. The van der Waals surface area contributed by atoms with Crippen molar-refractivity contribution in [1.82, 2.24) is 4.37 Å². The number of alkyl halides is 3. The minimum atomic E-state index is -4.32. The van der Waals surface area contributed by atoms with Crippen molar-refractivity contribution in [1.29, 1.82) is 0 Å². The van der Waals surface area contributed by atoms with Gasteiger partial charge >= 0.3 is 6.18 Å². The average Bonchev–Trinajstić information content (AvgIpc) is 3.00. The number of hydrogen-bond donors (Lipinski definition) is 1. The van der Waals surface area contributed by atoms with E-state index in [4.69, 9.17) is 17.3 Å². The molecule has 0 spiro atoms. The van der Waals surface area contributed by atoms with E-state index in [1.807, 2.05) is 24.3 Å². The summed E-state index contributed by atoms with van der Waals surface area (Å²) >= 11 is 8.69. The Kier molecular flexibility index (Phi) is 5.92. The number of nitrogens with two attached hydrogens (primary N) is 1. The van der Waals surface area contributed by atoms with Crippen LogP contribution in [0.3, 0.4) is 0 Å². The molecular formula is C18H14ClF3N2S2. The van der Waals surface area contributed by atoms with Crippen molar-refractivity contribution in [3.05, 3.63) is 70.4 Å². The number of aromatic nitrogens is 1. The number of rotatable bonds is 5. The van der Waals surface area contributed by atoms with Crippen LogP contribution in [0, 0.1) is 0 Å². The first kappa shape index (κ1) is 19.2. The van der Waals surface area contributed by atoms with E-state index in [9.17, 15) is 13.2 Å². The van der Waals surface area contributed by atoms with Gasteiger partial charge in [0.2, 0.25) is 0 Å². The summed E-state index contributed by atoms with van der Waals surface area (Å²) in [6.45, 7) is 0.317. The Bertz CT molecular complexity index is 892. The Morgan fingerprint density at radius 3 is 2.50 bits per heavy atom. The molecule has 0 aliphatic carbocycles. The second kappa shape index (κ2) is 8.00. The molecule has 8 heteroatoms. The zero-order chi connectivity index (χ0) is 18.7. The summed E-state index contributed by atoms with van der Waals surface area (Å²) in [7, 11) is 0. The Morgan fingerprint density at radius 2 is 1.85 bits per heavy atom. The third-order valence-electron chi connectivity index (χ3n) is 3.73. The van der Waals surface area contributed by atoms with Crippen molar-refractivity contribution in [2.75, 3.05) is 0 Å². The van der Waals surface area contributed by atoms with Gasteiger partial charge in [-0.1, -0.05) is 41.9 Å². The van der Waals surface area contributed by atoms with Crippen LogP contribution in [0.2, 0.25) is 5.15 Å². The fourth-order valence-corrected chi connectivity index (χ4v) is 4.43. The number of nitrogens with zero attached hydrogens (tertiary/aromatic N) is 1. The fourth-order valence-electron chi connectivity index (χ4n) is 2.37. The summed E-state index contributed by atoms with van der Waals surface area (Å²) in [5.74, 6) is 0.578. The summed E-state index contributed by atoms with van der Waals surface area (Å²) in [6, 6.07) is 13.2. The number of halogens is 4.